The van der Waals surface area contributed by atoms with Crippen molar-refractivity contribution < 1.29 is 24.2 Å². The lowest BCUT2D eigenvalue weighted by molar-refractivity contribution is -0.123. The first-order chi connectivity index (χ1) is 19.9. The van der Waals surface area contributed by atoms with Gasteiger partial charge in [0, 0.05) is 31.9 Å². The molecule has 208 valence electrons. The number of nitrogens with one attached hydrogen (secondary N) is 1. The number of imidazole rings is 1. The van der Waals surface area contributed by atoms with E-state index in [1.807, 2.05) is 47.4 Å². The number of aromatic nitrogens is 4. The Kier molecular flexibility index (Phi) is 6.67. The number of nitrogens with zero attached hydrogens (tertiary/aromatic N) is 6. The van der Waals surface area contributed by atoms with Crippen molar-refractivity contribution in [2.75, 3.05) is 30.0 Å². The maximum absolute atomic E-state index is 14.2. The molecule has 2 aromatic carbocycles. The Morgan fingerprint density at radius 3 is 2.39 bits per heavy atom. The molecule has 2 saturated heterocycles. The summed E-state index contributed by atoms with van der Waals surface area (Å²) in [5, 5.41) is 9.42. The number of hydrogen-bond donors (Lipinski definition) is 2. The van der Waals surface area contributed by atoms with Gasteiger partial charge in [-0.3, -0.25) is 9.69 Å². The molecule has 2 aromatic heterocycles. The minimum Gasteiger partial charge on any atom is -0.481 e. The maximum Gasteiger partial charge on any atom is 0.356 e. The minimum atomic E-state index is -1.22. The molecule has 3 amide bonds. The number of piperidine rings is 1. The van der Waals surface area contributed by atoms with Crippen molar-refractivity contribution >= 4 is 29.5 Å². The standard InChI is InChI=1S/C29H27N7O5/c1-41-23-11-14-30-27(33-23)36-28(40)35(21-9-7-20(8-10-21)19-5-3-2-4-6-19)26(39)29(36)12-15-34(16-13-29)17-22-24(25(37)38)32-18-31-22/h2-11,14,18H,12-13,15-17H2,1H3,(H,31,32)(H,37,38). The van der Waals surface area contributed by atoms with Crippen molar-refractivity contribution in [1.82, 2.24) is 24.8 Å². The van der Waals surface area contributed by atoms with Crippen molar-refractivity contribution in [3.05, 3.63) is 84.6 Å². The number of aromatic amines is 1. The zero-order chi connectivity index (χ0) is 28.6. The van der Waals surface area contributed by atoms with E-state index in [9.17, 15) is 19.5 Å². The van der Waals surface area contributed by atoms with Gasteiger partial charge in [-0.05, 0) is 36.1 Å². The number of benzene rings is 2. The van der Waals surface area contributed by atoms with Crippen molar-refractivity contribution in [2.24, 2.45) is 0 Å². The number of carbonyl (C=O) groups excluding carboxylic acids is 2. The second kappa shape index (κ2) is 10.5. The van der Waals surface area contributed by atoms with Crippen LogP contribution in [0.3, 0.4) is 0 Å². The summed E-state index contributed by atoms with van der Waals surface area (Å²) < 4.78 is 5.27. The summed E-state index contributed by atoms with van der Waals surface area (Å²) in [4.78, 5) is 59.9. The van der Waals surface area contributed by atoms with Gasteiger partial charge in [-0.1, -0.05) is 42.5 Å². The Hall–Kier alpha value is -5.10. The molecule has 2 N–H and O–H groups in total. The SMILES string of the molecule is COc1ccnc(N2C(=O)N(c3ccc(-c4ccccc4)cc3)C(=O)C23CCN(Cc2[nH]cnc2C(=O)O)CC3)n1. The van der Waals surface area contributed by atoms with Gasteiger partial charge >= 0.3 is 12.0 Å². The van der Waals surface area contributed by atoms with Crippen LogP contribution in [0.15, 0.2) is 73.2 Å². The van der Waals surface area contributed by atoms with Crippen LogP contribution in [0.5, 0.6) is 5.88 Å². The third-order valence-corrected chi connectivity index (χ3v) is 7.66. The summed E-state index contributed by atoms with van der Waals surface area (Å²) in [6.45, 7) is 1.18. The predicted molar refractivity (Wildman–Crippen MR) is 149 cm³/mol. The van der Waals surface area contributed by atoms with E-state index in [1.165, 1.54) is 29.4 Å². The van der Waals surface area contributed by atoms with E-state index in [2.05, 4.69) is 19.9 Å². The molecular weight excluding hydrogens is 526 g/mol. The summed E-state index contributed by atoms with van der Waals surface area (Å²) in [5.41, 5.74) is 1.67. The lowest BCUT2D eigenvalue weighted by Crippen LogP contribution is -2.57. The first-order valence-electron chi connectivity index (χ1n) is 13.1. The average Bonchev–Trinajstić information content (AvgIpc) is 3.55. The van der Waals surface area contributed by atoms with Gasteiger partial charge in [-0.15, -0.1) is 0 Å². The molecule has 0 aliphatic carbocycles. The number of carboxylic acid groups (broad SMARTS) is 1. The molecule has 0 bridgehead atoms. The molecule has 12 nitrogen and oxygen atoms in total. The number of ether oxygens (including phenoxy) is 1. The lowest BCUT2D eigenvalue weighted by atomic mass is 9.85. The van der Waals surface area contributed by atoms with Crippen LogP contribution in [0.2, 0.25) is 0 Å². The van der Waals surface area contributed by atoms with Crippen LogP contribution in [0.25, 0.3) is 11.1 Å². The van der Waals surface area contributed by atoms with Gasteiger partial charge in [0.15, 0.2) is 5.69 Å². The van der Waals surface area contributed by atoms with Crippen LogP contribution in [0.4, 0.5) is 16.4 Å². The monoisotopic (exact) mass is 553 g/mol. The highest BCUT2D eigenvalue weighted by molar-refractivity contribution is 6.30. The van der Waals surface area contributed by atoms with Gasteiger partial charge in [-0.25, -0.2) is 29.4 Å². The van der Waals surface area contributed by atoms with Crippen LogP contribution >= 0.6 is 0 Å². The Morgan fingerprint density at radius 1 is 1.00 bits per heavy atom. The van der Waals surface area contributed by atoms with E-state index in [-0.39, 0.29) is 23.4 Å². The summed E-state index contributed by atoms with van der Waals surface area (Å²) in [5.74, 6) is -1.11. The molecule has 4 aromatic rings. The molecule has 0 radical (unpaired) electrons. The molecule has 0 atom stereocenters. The fourth-order valence-electron chi connectivity index (χ4n) is 5.53. The van der Waals surface area contributed by atoms with E-state index < -0.39 is 17.5 Å². The fourth-order valence-corrected chi connectivity index (χ4v) is 5.53. The number of carboxylic acids is 1. The number of imide groups is 1. The van der Waals surface area contributed by atoms with E-state index >= 15 is 0 Å². The number of likely N-dealkylation sites (tertiary alicyclic amines) is 1. The smallest absolute Gasteiger partial charge is 0.356 e. The second-order valence-electron chi connectivity index (χ2n) is 9.91. The number of hydrogen-bond acceptors (Lipinski definition) is 8. The molecule has 2 fully saturated rings. The quantitative estimate of drug-likeness (QED) is 0.328. The van der Waals surface area contributed by atoms with E-state index in [0.29, 0.717) is 43.9 Å². The van der Waals surface area contributed by atoms with Crippen molar-refractivity contribution in [1.29, 1.82) is 0 Å². The molecule has 2 aliphatic heterocycles. The van der Waals surface area contributed by atoms with Gasteiger partial charge < -0.3 is 14.8 Å². The van der Waals surface area contributed by atoms with E-state index in [0.717, 1.165) is 11.1 Å². The summed E-state index contributed by atoms with van der Waals surface area (Å²) in [6, 6.07) is 18.2. The Balaban J connectivity index is 1.32. The maximum atomic E-state index is 14.2. The summed E-state index contributed by atoms with van der Waals surface area (Å²) in [6.07, 6.45) is 3.44. The molecule has 41 heavy (non-hydrogen) atoms. The number of amides is 3. The second-order valence-corrected chi connectivity index (χ2v) is 9.91. The molecule has 1 spiro atoms. The van der Waals surface area contributed by atoms with Crippen molar-refractivity contribution in [3.63, 3.8) is 0 Å². The zero-order valence-electron chi connectivity index (χ0n) is 22.2. The number of H-pyrrole nitrogens is 1. The van der Waals surface area contributed by atoms with Gasteiger partial charge in [0.25, 0.3) is 5.91 Å². The first-order valence-corrected chi connectivity index (χ1v) is 13.1. The third-order valence-electron chi connectivity index (χ3n) is 7.66. The Bertz CT molecular complexity index is 1600. The largest absolute Gasteiger partial charge is 0.481 e. The highest BCUT2D eigenvalue weighted by Gasteiger charge is 2.60. The third kappa shape index (κ3) is 4.57. The molecular formula is C29H27N7O5. The highest BCUT2D eigenvalue weighted by atomic mass is 16.5. The predicted octanol–water partition coefficient (Wildman–Crippen LogP) is 3.58. The molecule has 2 aliphatic rings. The number of urea groups is 1. The minimum absolute atomic E-state index is 0.0334. The Morgan fingerprint density at radius 2 is 1.71 bits per heavy atom. The number of anilines is 2. The van der Waals surface area contributed by atoms with Crippen LogP contribution in [0, 0.1) is 0 Å². The number of methoxy groups -OCH3 is 1. The van der Waals surface area contributed by atoms with Gasteiger partial charge in [0.1, 0.15) is 5.54 Å². The highest BCUT2D eigenvalue weighted by Crippen LogP contribution is 2.42. The Labute approximate surface area is 235 Å². The van der Waals surface area contributed by atoms with Gasteiger partial charge in [0.2, 0.25) is 11.8 Å². The van der Waals surface area contributed by atoms with Gasteiger partial charge in [0.05, 0.1) is 24.8 Å². The van der Waals surface area contributed by atoms with Crippen LogP contribution in [-0.4, -0.2) is 73.6 Å². The molecule has 12 heteroatoms. The number of rotatable bonds is 7. The number of carbonyl (C=O) groups is 3. The van der Waals surface area contributed by atoms with E-state index in [4.69, 9.17) is 4.74 Å². The van der Waals surface area contributed by atoms with Crippen LogP contribution in [-0.2, 0) is 11.3 Å². The zero-order valence-corrected chi connectivity index (χ0v) is 22.2. The molecule has 6 rings (SSSR count). The van der Waals surface area contributed by atoms with Gasteiger partial charge in [-0.2, -0.15) is 4.98 Å². The molecule has 4 heterocycles. The topological polar surface area (TPSA) is 145 Å². The van der Waals surface area contributed by atoms with Crippen LogP contribution < -0.4 is 14.5 Å². The first kappa shape index (κ1) is 26.1. The lowest BCUT2D eigenvalue weighted by Gasteiger charge is -2.41. The average molecular weight is 554 g/mol. The summed E-state index contributed by atoms with van der Waals surface area (Å²) in [7, 11) is 1.47. The molecule has 0 saturated carbocycles. The van der Waals surface area contributed by atoms with Crippen molar-refractivity contribution in [3.8, 4) is 17.0 Å². The molecule has 0 unspecified atom stereocenters. The normalized spacial score (nSPS) is 16.9. The van der Waals surface area contributed by atoms with Crippen LogP contribution in [0.1, 0.15) is 29.0 Å². The number of aromatic carboxylic acids is 1. The fraction of sp³-hybridized carbons (Fsp3) is 0.241. The summed E-state index contributed by atoms with van der Waals surface area (Å²) >= 11 is 0. The van der Waals surface area contributed by atoms with E-state index in [1.54, 1.807) is 18.2 Å². The van der Waals surface area contributed by atoms with Crippen molar-refractivity contribution in [2.45, 2.75) is 24.9 Å².